The van der Waals surface area contributed by atoms with E-state index in [1.807, 2.05) is 30.3 Å². The lowest BCUT2D eigenvalue weighted by Crippen LogP contribution is -2.52. The van der Waals surface area contributed by atoms with Crippen LogP contribution in [-0.2, 0) is 32.6 Å². The fourth-order valence-electron chi connectivity index (χ4n) is 3.79. The van der Waals surface area contributed by atoms with Crippen LogP contribution >= 0.6 is 23.2 Å². The molecule has 1 N–H and O–H groups in total. The molecule has 0 radical (unpaired) electrons. The van der Waals surface area contributed by atoms with Crippen LogP contribution in [0.5, 0.6) is 0 Å². The van der Waals surface area contributed by atoms with E-state index in [1.54, 1.807) is 0 Å². The van der Waals surface area contributed by atoms with Gasteiger partial charge in [0.15, 0.2) is 0 Å². The minimum Gasteiger partial charge on any atom is -0.357 e. The van der Waals surface area contributed by atoms with Crippen molar-refractivity contribution in [3.05, 3.63) is 99.8 Å². The maximum absolute atomic E-state index is 13.8. The Morgan fingerprint density at radius 3 is 2.19 bits per heavy atom. The monoisotopic (exact) mass is 565 g/mol. The van der Waals surface area contributed by atoms with Crippen molar-refractivity contribution in [1.29, 1.82) is 0 Å². The Morgan fingerprint density at radius 1 is 0.946 bits per heavy atom. The molecule has 2 amide bonds. The number of likely N-dealkylation sites (N-methyl/N-ethyl adjacent to an activating group) is 1. The molecular formula is C26H26Cl2FN3O4S. The van der Waals surface area contributed by atoms with Crippen molar-refractivity contribution in [2.45, 2.75) is 19.0 Å². The van der Waals surface area contributed by atoms with Crippen LogP contribution in [0.15, 0.2) is 72.8 Å². The highest BCUT2D eigenvalue weighted by molar-refractivity contribution is 7.92. The summed E-state index contributed by atoms with van der Waals surface area (Å²) in [6.07, 6.45) is 1.12. The van der Waals surface area contributed by atoms with Gasteiger partial charge < -0.3 is 10.2 Å². The summed E-state index contributed by atoms with van der Waals surface area (Å²) in [6, 6.07) is 18.1. The second-order valence-corrected chi connectivity index (χ2v) is 11.0. The Labute approximate surface area is 225 Å². The van der Waals surface area contributed by atoms with Crippen molar-refractivity contribution >= 4 is 50.7 Å². The molecule has 3 rings (SSSR count). The minimum absolute atomic E-state index is 0.0281. The number of nitrogens with one attached hydrogen (secondary N) is 1. The molecule has 0 spiro atoms. The smallest absolute Gasteiger partial charge is 0.244 e. The lowest BCUT2D eigenvalue weighted by Gasteiger charge is -2.33. The van der Waals surface area contributed by atoms with Gasteiger partial charge in [-0.05, 0) is 35.4 Å². The van der Waals surface area contributed by atoms with Crippen molar-refractivity contribution in [3.63, 3.8) is 0 Å². The van der Waals surface area contributed by atoms with E-state index >= 15 is 0 Å². The average molecular weight is 566 g/mol. The fourth-order valence-corrected chi connectivity index (χ4v) is 5.09. The van der Waals surface area contributed by atoms with Crippen LogP contribution in [0.3, 0.4) is 0 Å². The first kappa shape index (κ1) is 28.4. The molecule has 3 aromatic rings. The van der Waals surface area contributed by atoms with E-state index in [0.29, 0.717) is 5.56 Å². The predicted molar refractivity (Wildman–Crippen MR) is 144 cm³/mol. The average Bonchev–Trinajstić information content (AvgIpc) is 2.87. The van der Waals surface area contributed by atoms with Crippen LogP contribution in [0.2, 0.25) is 10.0 Å². The van der Waals surface area contributed by atoms with E-state index < -0.39 is 40.2 Å². The molecule has 37 heavy (non-hydrogen) atoms. The quantitative estimate of drug-likeness (QED) is 0.397. The molecule has 1 atom stereocenters. The fraction of sp³-hybridized carbons (Fsp3) is 0.231. The van der Waals surface area contributed by atoms with Gasteiger partial charge in [0.25, 0.3) is 0 Å². The van der Waals surface area contributed by atoms with Crippen molar-refractivity contribution in [2.24, 2.45) is 0 Å². The van der Waals surface area contributed by atoms with Gasteiger partial charge in [-0.1, -0.05) is 71.7 Å². The maximum Gasteiger partial charge on any atom is 0.244 e. The van der Waals surface area contributed by atoms with Crippen LogP contribution in [0.1, 0.15) is 11.1 Å². The molecule has 0 heterocycles. The molecule has 7 nitrogen and oxygen atoms in total. The first-order valence-corrected chi connectivity index (χ1v) is 13.8. The summed E-state index contributed by atoms with van der Waals surface area (Å²) in [7, 11) is -2.53. The number of carbonyl (C=O) groups is 2. The molecule has 0 saturated carbocycles. The Balaban J connectivity index is 2.05. The molecule has 0 aromatic heterocycles. The number of sulfonamides is 1. The van der Waals surface area contributed by atoms with E-state index in [1.165, 1.54) is 54.4 Å². The number of carbonyl (C=O) groups excluding carboxylic acids is 2. The zero-order chi connectivity index (χ0) is 27.2. The number of nitrogens with zero attached hydrogens (tertiary/aromatic N) is 2. The normalized spacial score (nSPS) is 12.0. The molecule has 0 unspecified atom stereocenters. The van der Waals surface area contributed by atoms with Crippen molar-refractivity contribution in [2.75, 3.05) is 24.2 Å². The van der Waals surface area contributed by atoms with Crippen molar-refractivity contribution in [1.82, 2.24) is 10.2 Å². The lowest BCUT2D eigenvalue weighted by molar-refractivity contribution is -0.139. The molecule has 11 heteroatoms. The molecule has 3 aromatic carbocycles. The number of amides is 2. The summed E-state index contributed by atoms with van der Waals surface area (Å²) < 4.78 is 39.8. The number of rotatable bonds is 10. The molecule has 0 bridgehead atoms. The van der Waals surface area contributed by atoms with E-state index in [-0.39, 0.29) is 28.7 Å². The highest BCUT2D eigenvalue weighted by Gasteiger charge is 2.33. The van der Waals surface area contributed by atoms with Crippen LogP contribution in [0.25, 0.3) is 0 Å². The van der Waals surface area contributed by atoms with E-state index in [9.17, 15) is 22.4 Å². The number of halogens is 3. The Bertz CT molecular complexity index is 1360. The van der Waals surface area contributed by atoms with Gasteiger partial charge in [-0.25, -0.2) is 12.8 Å². The molecule has 196 valence electrons. The predicted octanol–water partition coefficient (Wildman–Crippen LogP) is 4.28. The van der Waals surface area contributed by atoms with Gasteiger partial charge in [-0.15, -0.1) is 0 Å². The number of hydrogen-bond donors (Lipinski definition) is 1. The SMILES string of the molecule is CNC(=O)[C@@H](Cc1ccccc1)N(Cc1ccc(F)cc1)C(=O)CN(c1cccc(Cl)c1Cl)S(C)(=O)=O. The highest BCUT2D eigenvalue weighted by atomic mass is 35.5. The zero-order valence-electron chi connectivity index (χ0n) is 20.2. The van der Waals surface area contributed by atoms with Crippen LogP contribution < -0.4 is 9.62 Å². The standard InChI is InChI=1S/C26H26Cl2FN3O4S/c1-30-26(34)23(15-18-7-4-3-5-8-18)31(16-19-11-13-20(29)14-12-19)24(33)17-32(37(2,35)36)22-10-6-9-21(27)25(22)28/h3-14,23H,15-17H2,1-2H3,(H,30,34)/t23-/m1/s1. The van der Waals surface area contributed by atoms with Crippen LogP contribution in [0, 0.1) is 5.82 Å². The topological polar surface area (TPSA) is 86.8 Å². The second kappa shape index (κ2) is 12.4. The van der Waals surface area contributed by atoms with Crippen LogP contribution in [0.4, 0.5) is 10.1 Å². The Kier molecular flexibility index (Phi) is 9.53. The molecule has 0 aliphatic rings. The van der Waals surface area contributed by atoms with Crippen LogP contribution in [-0.4, -0.2) is 51.0 Å². The Hall–Kier alpha value is -3.14. The van der Waals surface area contributed by atoms with Gasteiger partial charge >= 0.3 is 0 Å². The molecule has 0 fully saturated rings. The lowest BCUT2D eigenvalue weighted by atomic mass is 10.0. The third kappa shape index (κ3) is 7.44. The van der Waals surface area contributed by atoms with Gasteiger partial charge in [-0.3, -0.25) is 13.9 Å². The second-order valence-electron chi connectivity index (χ2n) is 8.31. The van der Waals surface area contributed by atoms with Gasteiger partial charge in [-0.2, -0.15) is 0 Å². The van der Waals surface area contributed by atoms with E-state index in [4.69, 9.17) is 23.2 Å². The van der Waals surface area contributed by atoms with Gasteiger partial charge in [0.1, 0.15) is 18.4 Å². The highest BCUT2D eigenvalue weighted by Crippen LogP contribution is 2.33. The van der Waals surface area contributed by atoms with Crippen molar-refractivity contribution in [3.8, 4) is 0 Å². The number of benzene rings is 3. The van der Waals surface area contributed by atoms with Gasteiger partial charge in [0, 0.05) is 20.0 Å². The van der Waals surface area contributed by atoms with E-state index in [0.717, 1.165) is 16.1 Å². The minimum atomic E-state index is -3.98. The summed E-state index contributed by atoms with van der Waals surface area (Å²) in [4.78, 5) is 28.1. The van der Waals surface area contributed by atoms with E-state index in [2.05, 4.69) is 5.32 Å². The Morgan fingerprint density at radius 2 is 1.59 bits per heavy atom. The number of anilines is 1. The van der Waals surface area contributed by atoms with Crippen molar-refractivity contribution < 1.29 is 22.4 Å². The molecule has 0 aliphatic carbocycles. The summed E-state index contributed by atoms with van der Waals surface area (Å²) in [5, 5.41) is 2.68. The van der Waals surface area contributed by atoms with Gasteiger partial charge in [0.2, 0.25) is 21.8 Å². The molecular weight excluding hydrogens is 540 g/mol. The largest absolute Gasteiger partial charge is 0.357 e. The summed E-state index contributed by atoms with van der Waals surface area (Å²) in [5.74, 6) is -1.55. The first-order chi connectivity index (χ1) is 17.5. The van der Waals surface area contributed by atoms with Gasteiger partial charge in [0.05, 0.1) is 22.0 Å². The third-order valence-electron chi connectivity index (χ3n) is 5.66. The molecule has 0 saturated heterocycles. The summed E-state index contributed by atoms with van der Waals surface area (Å²) >= 11 is 12.4. The zero-order valence-corrected chi connectivity index (χ0v) is 22.5. The first-order valence-electron chi connectivity index (χ1n) is 11.2. The maximum atomic E-state index is 13.8. The third-order valence-corrected chi connectivity index (χ3v) is 7.60. The summed E-state index contributed by atoms with van der Waals surface area (Å²) in [5.41, 5.74) is 1.39. The molecule has 0 aliphatic heterocycles. The summed E-state index contributed by atoms with van der Waals surface area (Å²) in [6.45, 7) is -0.701. The number of hydrogen-bond acceptors (Lipinski definition) is 4.